The third-order valence-electron chi connectivity index (χ3n) is 4.16. The molecule has 10 heteroatoms. The van der Waals surface area contributed by atoms with Gasteiger partial charge in [-0.05, 0) is 35.4 Å². The van der Waals surface area contributed by atoms with Crippen molar-refractivity contribution in [3.8, 4) is 0 Å². The molecule has 2 amide bonds. The second-order valence-electron chi connectivity index (χ2n) is 6.63. The van der Waals surface area contributed by atoms with Crippen molar-refractivity contribution in [2.45, 2.75) is 19.0 Å². The van der Waals surface area contributed by atoms with Crippen molar-refractivity contribution in [3.63, 3.8) is 0 Å². The predicted octanol–water partition coefficient (Wildman–Crippen LogP) is 4.19. The third kappa shape index (κ3) is 6.88. The molecule has 3 rings (SSSR count). The van der Waals surface area contributed by atoms with Gasteiger partial charge < -0.3 is 10.6 Å². The third-order valence-corrected chi connectivity index (χ3v) is 5.07. The van der Waals surface area contributed by atoms with Gasteiger partial charge in [-0.1, -0.05) is 24.3 Å². The molecule has 0 spiro atoms. The summed E-state index contributed by atoms with van der Waals surface area (Å²) in [4.78, 5) is 28.7. The Morgan fingerprint density at radius 3 is 2.42 bits per heavy atom. The van der Waals surface area contributed by atoms with E-state index in [9.17, 15) is 27.2 Å². The Labute approximate surface area is 179 Å². The van der Waals surface area contributed by atoms with Gasteiger partial charge in [-0.15, -0.1) is 11.3 Å². The van der Waals surface area contributed by atoms with Gasteiger partial charge in [-0.2, -0.15) is 13.2 Å². The van der Waals surface area contributed by atoms with Crippen LogP contribution in [0.15, 0.2) is 54.7 Å². The minimum absolute atomic E-state index is 0.0560. The average molecular weight is 451 g/mol. The van der Waals surface area contributed by atoms with E-state index in [1.165, 1.54) is 47.9 Å². The van der Waals surface area contributed by atoms with E-state index in [0.717, 1.165) is 17.0 Å². The summed E-state index contributed by atoms with van der Waals surface area (Å²) in [6.45, 7) is -0.276. The van der Waals surface area contributed by atoms with Crippen LogP contribution in [0.1, 0.15) is 21.6 Å². The van der Waals surface area contributed by atoms with Gasteiger partial charge in [0, 0.05) is 17.5 Å². The fraction of sp³-hybridized carbons (Fsp3) is 0.190. The van der Waals surface area contributed by atoms with Gasteiger partial charge in [0.25, 0.3) is 0 Å². The van der Waals surface area contributed by atoms with E-state index < -0.39 is 29.4 Å². The molecule has 5 nitrogen and oxygen atoms in total. The molecule has 162 valence electrons. The van der Waals surface area contributed by atoms with Gasteiger partial charge in [-0.25, -0.2) is 9.37 Å². The summed E-state index contributed by atoms with van der Waals surface area (Å²) in [7, 11) is 0. The summed E-state index contributed by atoms with van der Waals surface area (Å²) in [5.41, 5.74) is 0.456. The summed E-state index contributed by atoms with van der Waals surface area (Å²) < 4.78 is 51.0. The fourth-order valence-electron chi connectivity index (χ4n) is 2.70. The number of benzene rings is 2. The first-order chi connectivity index (χ1) is 14.7. The van der Waals surface area contributed by atoms with Crippen LogP contribution < -0.4 is 10.6 Å². The molecule has 2 N–H and O–H groups in total. The molecule has 2 aromatic carbocycles. The lowest BCUT2D eigenvalue weighted by Crippen LogP contribution is -2.33. The molecule has 0 bridgehead atoms. The number of anilines is 1. The summed E-state index contributed by atoms with van der Waals surface area (Å²) >= 11 is 1.18. The van der Waals surface area contributed by atoms with Crippen LogP contribution in [0.4, 0.5) is 22.7 Å². The summed E-state index contributed by atoms with van der Waals surface area (Å²) in [6.07, 6.45) is -2.54. The quantitative estimate of drug-likeness (QED) is 0.530. The summed E-state index contributed by atoms with van der Waals surface area (Å²) in [5.74, 6) is -1.36. The SMILES string of the molecule is O=C(Cc1cccc(F)c1)NCC(=O)Nc1ncc(Cc2ccc(C(F)(F)F)cc2)s1. The molecular formula is C21H17F4N3O2S. The number of carbonyl (C=O) groups is 2. The first kappa shape index (κ1) is 22.4. The number of rotatable bonds is 7. The molecule has 31 heavy (non-hydrogen) atoms. The number of thiazole rings is 1. The van der Waals surface area contributed by atoms with Gasteiger partial charge in [0.1, 0.15) is 5.82 Å². The lowest BCUT2D eigenvalue weighted by molar-refractivity contribution is -0.137. The number of nitrogens with zero attached hydrogens (tertiary/aromatic N) is 1. The standard InChI is InChI=1S/C21H17F4N3O2S/c22-16-3-1-2-14(8-16)10-18(29)26-12-19(30)28-20-27-11-17(31-20)9-13-4-6-15(7-5-13)21(23,24)25/h1-8,11H,9-10,12H2,(H,26,29)(H,27,28,30). The van der Waals surface area contributed by atoms with E-state index in [2.05, 4.69) is 15.6 Å². The number of carbonyl (C=O) groups excluding carboxylic acids is 2. The van der Waals surface area contributed by atoms with E-state index >= 15 is 0 Å². The van der Waals surface area contributed by atoms with Crippen LogP contribution in [-0.2, 0) is 28.6 Å². The van der Waals surface area contributed by atoms with Crippen LogP contribution in [0.3, 0.4) is 0 Å². The maximum Gasteiger partial charge on any atom is 0.416 e. The van der Waals surface area contributed by atoms with Crippen LogP contribution in [-0.4, -0.2) is 23.3 Å². The maximum atomic E-state index is 13.1. The number of aromatic nitrogens is 1. The number of alkyl halides is 3. The summed E-state index contributed by atoms with van der Waals surface area (Å²) in [5, 5.41) is 5.31. The average Bonchev–Trinajstić information content (AvgIpc) is 3.13. The number of halogens is 4. The van der Waals surface area contributed by atoms with Crippen molar-refractivity contribution < 1.29 is 27.2 Å². The van der Waals surface area contributed by atoms with Gasteiger partial charge in [-0.3, -0.25) is 9.59 Å². The molecule has 1 aromatic heterocycles. The van der Waals surface area contributed by atoms with Gasteiger partial charge >= 0.3 is 6.18 Å². The molecule has 0 unspecified atom stereocenters. The van der Waals surface area contributed by atoms with Crippen molar-refractivity contribution in [3.05, 3.63) is 82.1 Å². The van der Waals surface area contributed by atoms with Crippen LogP contribution in [0.5, 0.6) is 0 Å². The lowest BCUT2D eigenvalue weighted by atomic mass is 10.1. The molecular weight excluding hydrogens is 434 g/mol. The molecule has 0 radical (unpaired) electrons. The fourth-order valence-corrected chi connectivity index (χ4v) is 3.56. The van der Waals surface area contributed by atoms with E-state index in [1.54, 1.807) is 6.07 Å². The molecule has 0 saturated heterocycles. The summed E-state index contributed by atoms with van der Waals surface area (Å²) in [6, 6.07) is 10.5. The largest absolute Gasteiger partial charge is 0.416 e. The highest BCUT2D eigenvalue weighted by molar-refractivity contribution is 7.15. The number of nitrogens with one attached hydrogen (secondary N) is 2. The van der Waals surface area contributed by atoms with E-state index in [4.69, 9.17) is 0 Å². The Bertz CT molecular complexity index is 1060. The Morgan fingerprint density at radius 2 is 1.74 bits per heavy atom. The monoisotopic (exact) mass is 451 g/mol. The number of hydrogen-bond acceptors (Lipinski definition) is 4. The molecule has 0 aliphatic carbocycles. The number of amides is 2. The van der Waals surface area contributed by atoms with Crippen molar-refractivity contribution in [2.24, 2.45) is 0 Å². The maximum absolute atomic E-state index is 13.1. The van der Waals surface area contributed by atoms with Crippen molar-refractivity contribution >= 4 is 28.3 Å². The van der Waals surface area contributed by atoms with Crippen LogP contribution in [0.25, 0.3) is 0 Å². The van der Waals surface area contributed by atoms with Gasteiger partial charge in [0.2, 0.25) is 11.8 Å². The zero-order valence-corrected chi connectivity index (χ0v) is 16.8. The molecule has 3 aromatic rings. The molecule has 0 fully saturated rings. The van der Waals surface area contributed by atoms with Crippen molar-refractivity contribution in [1.82, 2.24) is 10.3 Å². The normalized spacial score (nSPS) is 11.2. The minimum Gasteiger partial charge on any atom is -0.347 e. The van der Waals surface area contributed by atoms with Crippen molar-refractivity contribution in [2.75, 3.05) is 11.9 Å². The van der Waals surface area contributed by atoms with Gasteiger partial charge in [0.05, 0.1) is 18.5 Å². The lowest BCUT2D eigenvalue weighted by Gasteiger charge is -2.07. The highest BCUT2D eigenvalue weighted by atomic mass is 32.1. The molecule has 0 aliphatic rings. The zero-order chi connectivity index (χ0) is 22.4. The Kier molecular flexibility index (Phi) is 7.01. The molecule has 0 atom stereocenters. The Balaban J connectivity index is 1.46. The van der Waals surface area contributed by atoms with Crippen LogP contribution >= 0.6 is 11.3 Å². The minimum atomic E-state index is -4.38. The molecule has 0 saturated carbocycles. The zero-order valence-electron chi connectivity index (χ0n) is 16.0. The first-order valence-corrected chi connectivity index (χ1v) is 9.92. The molecule has 0 aliphatic heterocycles. The topological polar surface area (TPSA) is 71.1 Å². The molecule has 1 heterocycles. The predicted molar refractivity (Wildman–Crippen MR) is 108 cm³/mol. The highest BCUT2D eigenvalue weighted by Gasteiger charge is 2.29. The highest BCUT2D eigenvalue weighted by Crippen LogP contribution is 2.29. The van der Waals surface area contributed by atoms with Crippen LogP contribution in [0, 0.1) is 5.82 Å². The Morgan fingerprint density at radius 1 is 1.00 bits per heavy atom. The second kappa shape index (κ2) is 9.69. The smallest absolute Gasteiger partial charge is 0.347 e. The van der Waals surface area contributed by atoms with Crippen molar-refractivity contribution in [1.29, 1.82) is 0 Å². The first-order valence-electron chi connectivity index (χ1n) is 9.11. The number of hydrogen-bond donors (Lipinski definition) is 2. The van der Waals surface area contributed by atoms with E-state index in [-0.39, 0.29) is 13.0 Å². The second-order valence-corrected chi connectivity index (χ2v) is 7.75. The van der Waals surface area contributed by atoms with Gasteiger partial charge in [0.15, 0.2) is 5.13 Å². The Hall–Kier alpha value is -3.27. The van der Waals surface area contributed by atoms with Crippen LogP contribution in [0.2, 0.25) is 0 Å². The van der Waals surface area contributed by atoms with E-state index in [0.29, 0.717) is 22.7 Å². The van der Waals surface area contributed by atoms with E-state index in [1.807, 2.05) is 0 Å².